The zero-order valence-electron chi connectivity index (χ0n) is 11.5. The maximum Gasteiger partial charge on any atom is 0.170 e. The van der Waals surface area contributed by atoms with E-state index in [0.717, 1.165) is 18.0 Å². The molecule has 1 aliphatic rings. The molecule has 0 saturated carbocycles. The van der Waals surface area contributed by atoms with Crippen molar-refractivity contribution in [2.75, 3.05) is 13.1 Å². The molecule has 0 amide bonds. The quantitative estimate of drug-likeness (QED) is 0.380. The molecule has 4 nitrogen and oxygen atoms in total. The van der Waals surface area contributed by atoms with E-state index >= 15 is 0 Å². The molecule has 0 aromatic heterocycles. The molecule has 0 radical (unpaired) electrons. The average Bonchev–Trinajstić information content (AvgIpc) is 2.64. The maximum absolute atomic E-state index is 8.63. The largest absolute Gasteiger partial charge is 0.409 e. The third-order valence-corrected chi connectivity index (χ3v) is 3.87. The summed E-state index contributed by atoms with van der Waals surface area (Å²) in [4.78, 5) is 2.52. The van der Waals surface area contributed by atoms with E-state index in [0.29, 0.717) is 0 Å². The van der Waals surface area contributed by atoms with Gasteiger partial charge in [0.25, 0.3) is 0 Å². The first-order valence-corrected chi connectivity index (χ1v) is 6.98. The van der Waals surface area contributed by atoms with E-state index in [1.807, 2.05) is 12.1 Å². The topological polar surface area (TPSA) is 61.8 Å². The number of likely N-dealkylation sites (tertiary alicyclic amines) is 1. The molecule has 1 fully saturated rings. The van der Waals surface area contributed by atoms with Gasteiger partial charge in [-0.1, -0.05) is 36.3 Å². The molecular formula is C15H23N3O. The maximum atomic E-state index is 8.63. The average molecular weight is 261 g/mol. The molecule has 0 aliphatic carbocycles. The van der Waals surface area contributed by atoms with E-state index < -0.39 is 0 Å². The smallest absolute Gasteiger partial charge is 0.170 e. The molecule has 1 saturated heterocycles. The number of benzene rings is 1. The van der Waals surface area contributed by atoms with Crippen molar-refractivity contribution in [2.24, 2.45) is 16.8 Å². The summed E-state index contributed by atoms with van der Waals surface area (Å²) < 4.78 is 0. The molecule has 0 bridgehead atoms. The Kier molecular flexibility index (Phi) is 4.80. The summed E-state index contributed by atoms with van der Waals surface area (Å²) in [5, 5.41) is 11.6. The lowest BCUT2D eigenvalue weighted by atomic mass is 10.0. The summed E-state index contributed by atoms with van der Waals surface area (Å²) in [7, 11) is 0. The predicted octanol–water partition coefficient (Wildman–Crippen LogP) is 2.40. The second kappa shape index (κ2) is 6.57. The number of hydrogen-bond acceptors (Lipinski definition) is 3. The van der Waals surface area contributed by atoms with Crippen LogP contribution in [-0.4, -0.2) is 29.0 Å². The van der Waals surface area contributed by atoms with Gasteiger partial charge in [0.05, 0.1) is 0 Å². The van der Waals surface area contributed by atoms with Gasteiger partial charge in [0.2, 0.25) is 0 Å². The van der Waals surface area contributed by atoms with Crippen molar-refractivity contribution >= 4 is 5.84 Å². The van der Waals surface area contributed by atoms with Gasteiger partial charge in [0, 0.05) is 12.1 Å². The first kappa shape index (κ1) is 13.9. The molecule has 1 aromatic rings. The molecule has 1 aromatic carbocycles. The lowest BCUT2D eigenvalue weighted by molar-refractivity contribution is 0.273. The summed E-state index contributed by atoms with van der Waals surface area (Å²) in [5.41, 5.74) is 7.60. The van der Waals surface area contributed by atoms with Crippen molar-refractivity contribution in [1.29, 1.82) is 0 Å². The number of rotatable bonds is 3. The first-order chi connectivity index (χ1) is 9.19. The van der Waals surface area contributed by atoms with Gasteiger partial charge < -0.3 is 10.9 Å². The van der Waals surface area contributed by atoms with Gasteiger partial charge in [-0.05, 0) is 43.8 Å². The molecule has 0 spiro atoms. The molecular weight excluding hydrogens is 238 g/mol. The molecule has 1 aliphatic heterocycles. The van der Waals surface area contributed by atoms with Gasteiger partial charge >= 0.3 is 0 Å². The number of hydrogen-bond donors (Lipinski definition) is 2. The Morgan fingerprint density at radius 3 is 2.74 bits per heavy atom. The summed E-state index contributed by atoms with van der Waals surface area (Å²) in [6.45, 7) is 5.70. The van der Waals surface area contributed by atoms with Crippen LogP contribution in [0.1, 0.15) is 37.3 Å². The molecule has 4 heteroatoms. The lowest BCUT2D eigenvalue weighted by Gasteiger charge is -2.20. The minimum atomic E-state index is 0.162. The summed E-state index contributed by atoms with van der Waals surface area (Å²) >= 11 is 0. The van der Waals surface area contributed by atoms with Crippen LogP contribution >= 0.6 is 0 Å². The first-order valence-electron chi connectivity index (χ1n) is 6.98. The third-order valence-electron chi connectivity index (χ3n) is 3.87. The van der Waals surface area contributed by atoms with E-state index in [9.17, 15) is 0 Å². The van der Waals surface area contributed by atoms with Crippen molar-refractivity contribution in [1.82, 2.24) is 4.90 Å². The molecule has 1 heterocycles. The van der Waals surface area contributed by atoms with Crippen LogP contribution in [0.5, 0.6) is 0 Å². The number of amidine groups is 1. The predicted molar refractivity (Wildman–Crippen MR) is 77.2 cm³/mol. The Balaban J connectivity index is 1.95. The van der Waals surface area contributed by atoms with Gasteiger partial charge in [-0.2, -0.15) is 0 Å². The normalized spacial score (nSPS) is 22.2. The highest BCUT2D eigenvalue weighted by Crippen LogP contribution is 2.18. The molecule has 1 unspecified atom stereocenters. The summed E-state index contributed by atoms with van der Waals surface area (Å²) in [6.07, 6.45) is 3.94. The second-order valence-electron chi connectivity index (χ2n) is 5.49. The van der Waals surface area contributed by atoms with Crippen molar-refractivity contribution < 1.29 is 5.21 Å². The molecule has 2 rings (SSSR count). The van der Waals surface area contributed by atoms with Crippen LogP contribution in [0.3, 0.4) is 0 Å². The van der Waals surface area contributed by atoms with E-state index in [1.54, 1.807) is 0 Å². The fourth-order valence-corrected chi connectivity index (χ4v) is 2.58. The number of oxime groups is 1. The van der Waals surface area contributed by atoms with Crippen LogP contribution < -0.4 is 5.73 Å². The Hall–Kier alpha value is -1.55. The molecule has 1 atom stereocenters. The van der Waals surface area contributed by atoms with Gasteiger partial charge in [-0.15, -0.1) is 0 Å². The van der Waals surface area contributed by atoms with E-state index in [-0.39, 0.29) is 5.84 Å². The third kappa shape index (κ3) is 3.96. The Morgan fingerprint density at radius 1 is 1.32 bits per heavy atom. The van der Waals surface area contributed by atoms with Crippen molar-refractivity contribution in [3.63, 3.8) is 0 Å². The zero-order valence-corrected chi connectivity index (χ0v) is 11.5. The van der Waals surface area contributed by atoms with Crippen LogP contribution in [0.15, 0.2) is 29.4 Å². The van der Waals surface area contributed by atoms with Gasteiger partial charge in [-0.3, -0.25) is 4.90 Å². The number of nitrogens with two attached hydrogens (primary N) is 1. The highest BCUT2D eigenvalue weighted by Gasteiger charge is 2.13. The highest BCUT2D eigenvalue weighted by atomic mass is 16.4. The Labute approximate surface area is 114 Å². The molecule has 3 N–H and O–H groups in total. The standard InChI is InChI=1S/C15H23N3O/c1-12-3-2-9-18(10-8-12)11-13-4-6-14(7-5-13)15(16)17-19/h4-7,12,19H,2-3,8-11H2,1H3,(H2,16,17). The van der Waals surface area contributed by atoms with Gasteiger partial charge in [0.1, 0.15) is 0 Å². The summed E-state index contributed by atoms with van der Waals surface area (Å²) in [6, 6.07) is 7.93. The molecule has 104 valence electrons. The lowest BCUT2D eigenvalue weighted by Crippen LogP contribution is -2.24. The van der Waals surface area contributed by atoms with Gasteiger partial charge in [0.15, 0.2) is 5.84 Å². The van der Waals surface area contributed by atoms with Crippen LogP contribution in [0.4, 0.5) is 0 Å². The minimum Gasteiger partial charge on any atom is -0.409 e. The van der Waals surface area contributed by atoms with Crippen molar-refractivity contribution in [2.45, 2.75) is 32.7 Å². The van der Waals surface area contributed by atoms with E-state index in [1.165, 1.54) is 37.9 Å². The summed E-state index contributed by atoms with van der Waals surface area (Å²) in [5.74, 6) is 1.02. The molecule has 19 heavy (non-hydrogen) atoms. The van der Waals surface area contributed by atoms with Crippen LogP contribution in [0, 0.1) is 5.92 Å². The second-order valence-corrected chi connectivity index (χ2v) is 5.49. The van der Waals surface area contributed by atoms with Gasteiger partial charge in [-0.25, -0.2) is 0 Å². The fourth-order valence-electron chi connectivity index (χ4n) is 2.58. The monoisotopic (exact) mass is 261 g/mol. The Bertz CT molecular complexity index is 428. The zero-order chi connectivity index (χ0) is 13.7. The van der Waals surface area contributed by atoms with Crippen molar-refractivity contribution in [3.05, 3.63) is 35.4 Å². The Morgan fingerprint density at radius 2 is 2.05 bits per heavy atom. The van der Waals surface area contributed by atoms with Crippen LogP contribution in [0.2, 0.25) is 0 Å². The highest BCUT2D eigenvalue weighted by molar-refractivity contribution is 5.96. The number of nitrogens with zero attached hydrogens (tertiary/aromatic N) is 2. The van der Waals surface area contributed by atoms with E-state index in [4.69, 9.17) is 10.9 Å². The van der Waals surface area contributed by atoms with Crippen molar-refractivity contribution in [3.8, 4) is 0 Å². The minimum absolute atomic E-state index is 0.162. The van der Waals surface area contributed by atoms with E-state index in [2.05, 4.69) is 29.1 Å². The van der Waals surface area contributed by atoms with Crippen LogP contribution in [0.25, 0.3) is 0 Å². The fraction of sp³-hybridized carbons (Fsp3) is 0.533. The van der Waals surface area contributed by atoms with Crippen LogP contribution in [-0.2, 0) is 6.54 Å². The SMILES string of the molecule is CC1CCCN(Cc2ccc(C(N)=NO)cc2)CC1.